The van der Waals surface area contributed by atoms with Crippen LogP contribution in [0.5, 0.6) is 0 Å². The van der Waals surface area contributed by atoms with Crippen LogP contribution < -0.4 is 5.32 Å². The number of rotatable bonds is 5. The van der Waals surface area contributed by atoms with Crippen molar-refractivity contribution in [1.29, 1.82) is 0 Å². The van der Waals surface area contributed by atoms with Crippen molar-refractivity contribution in [3.8, 4) is 5.82 Å². The summed E-state index contributed by atoms with van der Waals surface area (Å²) in [5.41, 5.74) is 0.580. The van der Waals surface area contributed by atoms with E-state index in [9.17, 15) is 13.2 Å². The molecule has 3 aromatic rings. The number of anilines is 1. The van der Waals surface area contributed by atoms with Crippen molar-refractivity contribution < 1.29 is 13.2 Å². The number of sulfone groups is 1. The molecule has 0 bridgehead atoms. The number of benzene rings is 1. The zero-order valence-corrected chi connectivity index (χ0v) is 16.8. The lowest BCUT2D eigenvalue weighted by Gasteiger charge is -2.07. The molecule has 0 radical (unpaired) electrons. The average Bonchev–Trinajstić information content (AvgIpc) is 3.10. The van der Waals surface area contributed by atoms with Gasteiger partial charge in [-0.3, -0.25) is 4.79 Å². The van der Waals surface area contributed by atoms with Crippen LogP contribution in [0.1, 0.15) is 10.4 Å². The SMILES string of the molecule is CSc1cccnc1-n1cc(C(=O)Nc2cc(Cl)cc(S(C)(=O)=O)c2)cn1. The first-order chi connectivity index (χ1) is 12.8. The van der Waals surface area contributed by atoms with Crippen LogP contribution in [0.4, 0.5) is 5.69 Å². The highest BCUT2D eigenvalue weighted by Crippen LogP contribution is 2.24. The largest absolute Gasteiger partial charge is 0.322 e. The van der Waals surface area contributed by atoms with Gasteiger partial charge in [0, 0.05) is 29.4 Å². The third-order valence-corrected chi connectivity index (χ3v) is 5.66. The second kappa shape index (κ2) is 7.71. The Hall–Kier alpha value is -2.36. The minimum atomic E-state index is -3.45. The zero-order chi connectivity index (χ0) is 19.6. The second-order valence-electron chi connectivity index (χ2n) is 5.60. The van der Waals surface area contributed by atoms with Gasteiger partial charge in [-0.15, -0.1) is 11.8 Å². The van der Waals surface area contributed by atoms with Crippen LogP contribution in [-0.4, -0.2) is 41.6 Å². The van der Waals surface area contributed by atoms with E-state index in [2.05, 4.69) is 15.4 Å². The van der Waals surface area contributed by atoms with Crippen molar-refractivity contribution in [3.63, 3.8) is 0 Å². The highest BCUT2D eigenvalue weighted by Gasteiger charge is 2.15. The van der Waals surface area contributed by atoms with Crippen LogP contribution >= 0.6 is 23.4 Å². The van der Waals surface area contributed by atoms with Crippen LogP contribution in [0.2, 0.25) is 5.02 Å². The van der Waals surface area contributed by atoms with Gasteiger partial charge in [-0.25, -0.2) is 18.1 Å². The maximum Gasteiger partial charge on any atom is 0.258 e. The van der Waals surface area contributed by atoms with E-state index in [0.29, 0.717) is 11.4 Å². The molecule has 0 atom stereocenters. The van der Waals surface area contributed by atoms with E-state index in [1.165, 1.54) is 40.8 Å². The first-order valence-corrected chi connectivity index (χ1v) is 11.1. The Labute approximate surface area is 165 Å². The lowest BCUT2D eigenvalue weighted by Crippen LogP contribution is -2.12. The molecule has 2 aromatic heterocycles. The predicted octanol–water partition coefficient (Wildman–Crippen LogP) is 3.30. The molecule has 1 amide bonds. The topological polar surface area (TPSA) is 94.0 Å². The molecule has 0 aliphatic rings. The smallest absolute Gasteiger partial charge is 0.258 e. The maximum absolute atomic E-state index is 12.5. The molecule has 0 aliphatic carbocycles. The van der Waals surface area contributed by atoms with Crippen molar-refractivity contribution >= 4 is 44.8 Å². The van der Waals surface area contributed by atoms with Crippen LogP contribution in [-0.2, 0) is 9.84 Å². The van der Waals surface area contributed by atoms with Gasteiger partial charge in [0.15, 0.2) is 15.7 Å². The minimum Gasteiger partial charge on any atom is -0.322 e. The molecule has 140 valence electrons. The number of pyridine rings is 1. The van der Waals surface area contributed by atoms with Gasteiger partial charge >= 0.3 is 0 Å². The van der Waals surface area contributed by atoms with Gasteiger partial charge < -0.3 is 5.32 Å². The molecular weight excluding hydrogens is 408 g/mol. The van der Waals surface area contributed by atoms with Crippen molar-refractivity contribution in [2.45, 2.75) is 9.79 Å². The van der Waals surface area contributed by atoms with Gasteiger partial charge in [-0.05, 0) is 36.6 Å². The Kier molecular flexibility index (Phi) is 5.54. The zero-order valence-electron chi connectivity index (χ0n) is 14.4. The summed E-state index contributed by atoms with van der Waals surface area (Å²) in [7, 11) is -3.45. The Morgan fingerprint density at radius 1 is 1.30 bits per heavy atom. The molecule has 3 rings (SSSR count). The lowest BCUT2D eigenvalue weighted by molar-refractivity contribution is 0.102. The summed E-state index contributed by atoms with van der Waals surface area (Å²) in [6, 6.07) is 7.89. The number of carbonyl (C=O) groups is 1. The molecule has 0 aliphatic heterocycles. The van der Waals surface area contributed by atoms with E-state index < -0.39 is 15.7 Å². The normalized spacial score (nSPS) is 11.4. The number of nitrogens with zero attached hydrogens (tertiary/aromatic N) is 3. The number of halogens is 1. The van der Waals surface area contributed by atoms with Gasteiger partial charge in [0.2, 0.25) is 0 Å². The van der Waals surface area contributed by atoms with E-state index >= 15 is 0 Å². The molecular formula is C17H15ClN4O3S2. The molecule has 0 unspecified atom stereocenters. The fraction of sp³-hybridized carbons (Fsp3) is 0.118. The molecule has 10 heteroatoms. The fourth-order valence-corrected chi connectivity index (χ4v) is 3.85. The number of aromatic nitrogens is 3. The van der Waals surface area contributed by atoms with Crippen molar-refractivity contribution in [2.24, 2.45) is 0 Å². The third kappa shape index (κ3) is 4.49. The van der Waals surface area contributed by atoms with Crippen LogP contribution in [0.15, 0.2) is 58.7 Å². The summed E-state index contributed by atoms with van der Waals surface area (Å²) in [4.78, 5) is 17.7. The van der Waals surface area contributed by atoms with E-state index in [0.717, 1.165) is 11.2 Å². The van der Waals surface area contributed by atoms with Crippen molar-refractivity contribution in [1.82, 2.24) is 14.8 Å². The molecule has 27 heavy (non-hydrogen) atoms. The summed E-state index contributed by atoms with van der Waals surface area (Å²) in [6.07, 6.45) is 7.62. The Balaban J connectivity index is 1.86. The molecule has 0 saturated heterocycles. The van der Waals surface area contributed by atoms with Gasteiger partial charge in [-0.2, -0.15) is 5.10 Å². The summed E-state index contributed by atoms with van der Waals surface area (Å²) in [5, 5.41) is 7.04. The van der Waals surface area contributed by atoms with E-state index in [-0.39, 0.29) is 15.6 Å². The van der Waals surface area contributed by atoms with Gasteiger partial charge in [0.25, 0.3) is 5.91 Å². The van der Waals surface area contributed by atoms with Crippen LogP contribution in [0.3, 0.4) is 0 Å². The number of amides is 1. The number of nitrogens with one attached hydrogen (secondary N) is 1. The van der Waals surface area contributed by atoms with Crippen molar-refractivity contribution in [3.05, 3.63) is 59.5 Å². The standard InChI is InChI=1S/C17H15ClN4O3S2/c1-26-15-4-3-5-19-16(15)22-10-11(9-20-22)17(23)21-13-6-12(18)7-14(8-13)27(2,24)25/h3-10H,1-2H3,(H,21,23). The van der Waals surface area contributed by atoms with Crippen LogP contribution in [0, 0.1) is 0 Å². The molecule has 7 nitrogen and oxygen atoms in total. The average molecular weight is 423 g/mol. The van der Waals surface area contributed by atoms with Gasteiger partial charge in [-0.1, -0.05) is 11.6 Å². The van der Waals surface area contributed by atoms with E-state index in [4.69, 9.17) is 11.6 Å². The first-order valence-electron chi connectivity index (χ1n) is 7.64. The summed E-state index contributed by atoms with van der Waals surface area (Å²) >= 11 is 7.48. The monoisotopic (exact) mass is 422 g/mol. The van der Waals surface area contributed by atoms with Crippen molar-refractivity contribution in [2.75, 3.05) is 17.8 Å². The number of hydrogen-bond donors (Lipinski definition) is 1. The maximum atomic E-state index is 12.5. The Morgan fingerprint density at radius 3 is 2.78 bits per heavy atom. The number of thioether (sulfide) groups is 1. The highest BCUT2D eigenvalue weighted by atomic mass is 35.5. The van der Waals surface area contributed by atoms with Gasteiger partial charge in [0.1, 0.15) is 0 Å². The minimum absolute atomic E-state index is 0.0269. The lowest BCUT2D eigenvalue weighted by atomic mass is 10.3. The molecule has 2 heterocycles. The molecule has 1 N–H and O–H groups in total. The van der Waals surface area contributed by atoms with E-state index in [1.807, 2.05) is 18.4 Å². The predicted molar refractivity (Wildman–Crippen MR) is 106 cm³/mol. The summed E-state index contributed by atoms with van der Waals surface area (Å²) < 4.78 is 25.0. The molecule has 0 spiro atoms. The highest BCUT2D eigenvalue weighted by molar-refractivity contribution is 7.98. The summed E-state index contributed by atoms with van der Waals surface area (Å²) in [5.74, 6) is 0.177. The van der Waals surface area contributed by atoms with Crippen LogP contribution in [0.25, 0.3) is 5.82 Å². The van der Waals surface area contributed by atoms with E-state index in [1.54, 1.807) is 12.4 Å². The molecule has 1 aromatic carbocycles. The molecule has 0 fully saturated rings. The third-order valence-electron chi connectivity index (χ3n) is 3.59. The second-order valence-corrected chi connectivity index (χ2v) is 8.90. The Morgan fingerprint density at radius 2 is 2.07 bits per heavy atom. The number of carbonyl (C=O) groups excluding carboxylic acids is 1. The van der Waals surface area contributed by atoms with Gasteiger partial charge in [0.05, 0.1) is 21.6 Å². The Bertz CT molecular complexity index is 1110. The molecule has 0 saturated carbocycles. The number of hydrogen-bond acceptors (Lipinski definition) is 6. The fourth-order valence-electron chi connectivity index (χ4n) is 2.32. The summed E-state index contributed by atoms with van der Waals surface area (Å²) in [6.45, 7) is 0. The first kappa shape index (κ1) is 19.4. The quantitative estimate of drug-likeness (QED) is 0.634.